The van der Waals surface area contributed by atoms with Gasteiger partial charge in [-0.2, -0.15) is 5.26 Å². The van der Waals surface area contributed by atoms with Crippen LogP contribution in [-0.2, 0) is 4.79 Å². The molecule has 1 aromatic rings. The van der Waals surface area contributed by atoms with Crippen molar-refractivity contribution in [1.82, 2.24) is 5.32 Å². The Labute approximate surface area is 129 Å². The topological polar surface area (TPSA) is 62.1 Å². The van der Waals surface area contributed by atoms with Gasteiger partial charge in [-0.15, -0.1) is 11.8 Å². The highest BCUT2D eigenvalue weighted by Gasteiger charge is 2.31. The van der Waals surface area contributed by atoms with E-state index in [1.807, 2.05) is 38.1 Å². The number of carbonyl (C=O) groups is 1. The normalized spacial score (nSPS) is 18.1. The Hall–Kier alpha value is -1.93. The predicted octanol–water partition coefficient (Wildman–Crippen LogP) is 3.18. The van der Waals surface area contributed by atoms with Crippen LogP contribution in [0, 0.1) is 11.3 Å². The van der Waals surface area contributed by atoms with Crippen molar-refractivity contribution in [1.29, 1.82) is 5.26 Å². The maximum atomic E-state index is 12.0. The van der Waals surface area contributed by atoms with Gasteiger partial charge >= 0.3 is 0 Å². The average molecular weight is 302 g/mol. The first-order valence-electron chi connectivity index (χ1n) is 6.99. The van der Waals surface area contributed by atoms with Crippen molar-refractivity contribution in [3.63, 3.8) is 0 Å². The van der Waals surface area contributed by atoms with Crippen LogP contribution in [0.3, 0.4) is 0 Å². The molecule has 0 fully saturated rings. The Kier molecular flexibility index (Phi) is 5.29. The molecule has 0 radical (unpaired) electrons. The molecule has 1 heterocycles. The fourth-order valence-electron chi connectivity index (χ4n) is 2.40. The molecular formula is C16H18N2O2S. The van der Waals surface area contributed by atoms with Crippen LogP contribution in [0.1, 0.15) is 31.7 Å². The molecule has 0 saturated heterocycles. The zero-order valence-corrected chi connectivity index (χ0v) is 13.0. The number of nitriles is 1. The van der Waals surface area contributed by atoms with Crippen LogP contribution in [0.2, 0.25) is 0 Å². The van der Waals surface area contributed by atoms with Crippen molar-refractivity contribution in [2.75, 3.05) is 12.4 Å². The van der Waals surface area contributed by atoms with Gasteiger partial charge in [0.25, 0.3) is 0 Å². The summed E-state index contributed by atoms with van der Waals surface area (Å²) in [6.07, 6.45) is 0.279. The maximum absolute atomic E-state index is 12.0. The molecule has 1 aromatic carbocycles. The fraction of sp³-hybridized carbons (Fsp3) is 0.375. The molecule has 0 saturated carbocycles. The van der Waals surface area contributed by atoms with E-state index in [0.717, 1.165) is 17.1 Å². The SMILES string of the molecule is CCOc1ccccc1[C@H]1CC(=O)NC(SCC)=C1C#N. The van der Waals surface area contributed by atoms with Crippen molar-refractivity contribution in [3.05, 3.63) is 40.4 Å². The summed E-state index contributed by atoms with van der Waals surface area (Å²) in [7, 11) is 0. The van der Waals surface area contributed by atoms with Crippen LogP contribution in [0.15, 0.2) is 34.9 Å². The van der Waals surface area contributed by atoms with Gasteiger partial charge in [0.1, 0.15) is 5.75 Å². The van der Waals surface area contributed by atoms with Crippen LogP contribution in [-0.4, -0.2) is 18.3 Å². The molecule has 21 heavy (non-hydrogen) atoms. The number of allylic oxidation sites excluding steroid dienone is 1. The first-order valence-corrected chi connectivity index (χ1v) is 7.98. The third-order valence-electron chi connectivity index (χ3n) is 3.24. The molecular weight excluding hydrogens is 284 g/mol. The second-order valence-corrected chi connectivity index (χ2v) is 5.84. The lowest BCUT2D eigenvalue weighted by Gasteiger charge is -2.26. The molecule has 5 heteroatoms. The molecule has 0 aliphatic carbocycles. The van der Waals surface area contributed by atoms with Crippen LogP contribution < -0.4 is 10.1 Å². The van der Waals surface area contributed by atoms with E-state index in [2.05, 4.69) is 11.4 Å². The minimum atomic E-state index is -0.236. The molecule has 1 amide bonds. The zero-order chi connectivity index (χ0) is 15.2. The summed E-state index contributed by atoms with van der Waals surface area (Å²) < 4.78 is 5.64. The number of carbonyl (C=O) groups excluding carboxylic acids is 1. The predicted molar refractivity (Wildman–Crippen MR) is 83.9 cm³/mol. The summed E-state index contributed by atoms with van der Waals surface area (Å²) in [6, 6.07) is 9.88. The lowest BCUT2D eigenvalue weighted by Crippen LogP contribution is -2.31. The third kappa shape index (κ3) is 3.40. The smallest absolute Gasteiger partial charge is 0.225 e. The van der Waals surface area contributed by atoms with E-state index >= 15 is 0 Å². The molecule has 1 aliphatic rings. The summed E-state index contributed by atoms with van der Waals surface area (Å²) in [5, 5.41) is 13.0. The number of rotatable bonds is 5. The van der Waals surface area contributed by atoms with Crippen LogP contribution in [0.5, 0.6) is 5.75 Å². The van der Waals surface area contributed by atoms with Gasteiger partial charge in [0, 0.05) is 17.9 Å². The van der Waals surface area contributed by atoms with E-state index in [0.29, 0.717) is 17.2 Å². The molecule has 2 rings (SSSR count). The lowest BCUT2D eigenvalue weighted by atomic mass is 9.86. The van der Waals surface area contributed by atoms with Crippen molar-refractivity contribution in [2.45, 2.75) is 26.2 Å². The summed E-state index contributed by atoms with van der Waals surface area (Å²) in [5.41, 5.74) is 1.52. The first-order chi connectivity index (χ1) is 10.2. The summed E-state index contributed by atoms with van der Waals surface area (Å²) >= 11 is 1.49. The number of nitrogens with zero attached hydrogens (tertiary/aromatic N) is 1. The molecule has 4 nitrogen and oxygen atoms in total. The summed E-state index contributed by atoms with van der Waals surface area (Å²) in [6.45, 7) is 4.47. The molecule has 1 atom stereocenters. The minimum Gasteiger partial charge on any atom is -0.494 e. The van der Waals surface area contributed by atoms with Crippen LogP contribution in [0.4, 0.5) is 0 Å². The average Bonchev–Trinajstić information content (AvgIpc) is 2.48. The van der Waals surface area contributed by atoms with E-state index in [-0.39, 0.29) is 18.2 Å². The fourth-order valence-corrected chi connectivity index (χ4v) is 3.22. The van der Waals surface area contributed by atoms with Crippen molar-refractivity contribution in [3.8, 4) is 11.8 Å². The Morgan fingerprint density at radius 1 is 1.43 bits per heavy atom. The van der Waals surface area contributed by atoms with E-state index in [1.54, 1.807) is 0 Å². The quantitative estimate of drug-likeness (QED) is 0.907. The number of amides is 1. The number of benzene rings is 1. The first kappa shape index (κ1) is 15.5. The number of nitrogens with one attached hydrogen (secondary N) is 1. The minimum absolute atomic E-state index is 0.0544. The Bertz CT molecular complexity index is 605. The van der Waals surface area contributed by atoms with Crippen LogP contribution >= 0.6 is 11.8 Å². The Morgan fingerprint density at radius 2 is 2.19 bits per heavy atom. The maximum Gasteiger partial charge on any atom is 0.225 e. The molecule has 0 spiro atoms. The van der Waals surface area contributed by atoms with Gasteiger partial charge in [-0.25, -0.2) is 0 Å². The van der Waals surface area contributed by atoms with Crippen LogP contribution in [0.25, 0.3) is 0 Å². The molecule has 0 aromatic heterocycles. The second-order valence-electron chi connectivity index (χ2n) is 4.56. The van der Waals surface area contributed by atoms with Gasteiger partial charge in [-0.05, 0) is 18.7 Å². The van der Waals surface area contributed by atoms with E-state index < -0.39 is 0 Å². The van der Waals surface area contributed by atoms with Gasteiger partial charge in [0.05, 0.1) is 23.3 Å². The van der Waals surface area contributed by atoms with Gasteiger partial charge in [-0.3, -0.25) is 4.79 Å². The van der Waals surface area contributed by atoms with Gasteiger partial charge in [0.2, 0.25) is 5.91 Å². The van der Waals surface area contributed by atoms with Gasteiger partial charge in [-0.1, -0.05) is 25.1 Å². The number of ether oxygens (including phenoxy) is 1. The largest absolute Gasteiger partial charge is 0.494 e. The number of hydrogen-bond donors (Lipinski definition) is 1. The van der Waals surface area contributed by atoms with Crippen molar-refractivity contribution in [2.24, 2.45) is 0 Å². The lowest BCUT2D eigenvalue weighted by molar-refractivity contribution is -0.120. The summed E-state index contributed by atoms with van der Waals surface area (Å²) in [4.78, 5) is 12.0. The Balaban J connectivity index is 2.48. The molecule has 0 unspecified atom stereocenters. The highest BCUT2D eigenvalue weighted by Crippen LogP contribution is 2.39. The van der Waals surface area contributed by atoms with Gasteiger partial charge < -0.3 is 10.1 Å². The van der Waals surface area contributed by atoms with Crippen molar-refractivity contribution >= 4 is 17.7 Å². The number of thioether (sulfide) groups is 1. The van der Waals surface area contributed by atoms with Gasteiger partial charge in [0.15, 0.2) is 0 Å². The standard InChI is InChI=1S/C16H18N2O2S/c1-3-20-14-8-6-5-7-11(14)12-9-15(19)18-16(21-4-2)13(12)10-17/h5-8,12H,3-4,9H2,1-2H3,(H,18,19)/t12-/m1/s1. The Morgan fingerprint density at radius 3 is 2.86 bits per heavy atom. The molecule has 1 aliphatic heterocycles. The van der Waals surface area contributed by atoms with E-state index in [9.17, 15) is 10.1 Å². The summed E-state index contributed by atoms with van der Waals surface area (Å²) in [5.74, 6) is 1.26. The molecule has 1 N–H and O–H groups in total. The third-order valence-corrected chi connectivity index (χ3v) is 4.14. The van der Waals surface area contributed by atoms with Crippen molar-refractivity contribution < 1.29 is 9.53 Å². The van der Waals surface area contributed by atoms with E-state index in [1.165, 1.54) is 11.8 Å². The second kappa shape index (κ2) is 7.19. The zero-order valence-electron chi connectivity index (χ0n) is 12.2. The van der Waals surface area contributed by atoms with E-state index in [4.69, 9.17) is 4.74 Å². The number of para-hydroxylation sites is 1. The molecule has 110 valence electrons. The monoisotopic (exact) mass is 302 g/mol. The highest BCUT2D eigenvalue weighted by molar-refractivity contribution is 8.03. The highest BCUT2D eigenvalue weighted by atomic mass is 32.2. The number of hydrogen-bond acceptors (Lipinski definition) is 4. The molecule has 0 bridgehead atoms.